The number of carbonyl (C=O) groups excluding carboxylic acids is 4. The number of carbonyl (C=O) groups is 4. The van der Waals surface area contributed by atoms with Gasteiger partial charge in [0, 0.05) is 30.9 Å². The van der Waals surface area contributed by atoms with Crippen LogP contribution in [0.1, 0.15) is 31.2 Å². The van der Waals surface area contributed by atoms with Crippen LogP contribution in [-0.4, -0.2) is 72.4 Å². The summed E-state index contributed by atoms with van der Waals surface area (Å²) in [6, 6.07) is 11.9. The molecule has 248 valence electrons. The predicted octanol–water partition coefficient (Wildman–Crippen LogP) is -0.0442. The molecular weight excluding hydrogens is 602 g/mol. The molecule has 18 nitrogen and oxygen atoms in total. The predicted molar refractivity (Wildman–Crippen MR) is 169 cm³/mol. The number of anilines is 1. The zero-order valence-corrected chi connectivity index (χ0v) is 25.0. The number of nitro benzene ring substituents is 1. The van der Waals surface area contributed by atoms with Gasteiger partial charge in [0.05, 0.1) is 11.5 Å². The number of hydrogen-bond donors (Lipinski definition) is 10. The van der Waals surface area contributed by atoms with Crippen LogP contribution in [0.5, 0.6) is 0 Å². The number of nitrogens with zero attached hydrogens (tertiary/aromatic N) is 1. The molecule has 4 amide bonds. The molecule has 0 heterocycles. The second-order valence-corrected chi connectivity index (χ2v) is 9.86. The summed E-state index contributed by atoms with van der Waals surface area (Å²) in [6.45, 7) is -0.0603. The zero-order chi connectivity index (χ0) is 33.9. The van der Waals surface area contributed by atoms with Crippen LogP contribution >= 0.6 is 0 Å². The number of nitrogens with one attached hydrogen (secondary N) is 8. The summed E-state index contributed by atoms with van der Waals surface area (Å²) in [6.07, 6.45) is 0.0599. The van der Waals surface area contributed by atoms with Crippen molar-refractivity contribution in [2.75, 3.05) is 25.0 Å². The molecule has 2 rings (SSSR count). The number of guanidine groups is 2. The number of hydrogen-bond acceptors (Lipinski definition) is 9. The molecule has 0 aliphatic rings. The first kappa shape index (κ1) is 36.3. The smallest absolute Gasteiger partial charge is 0.408 e. The van der Waals surface area contributed by atoms with E-state index in [1.165, 1.54) is 24.3 Å². The molecule has 0 aromatic heterocycles. The average molecular weight is 642 g/mol. The maximum Gasteiger partial charge on any atom is 0.408 e. The molecule has 0 aliphatic carbocycles. The molecule has 0 radical (unpaired) electrons. The van der Waals surface area contributed by atoms with Gasteiger partial charge in [-0.25, -0.2) is 4.79 Å². The highest BCUT2D eigenvalue weighted by Gasteiger charge is 2.24. The van der Waals surface area contributed by atoms with E-state index in [9.17, 15) is 29.3 Å². The van der Waals surface area contributed by atoms with Gasteiger partial charge in [-0.3, -0.25) is 35.3 Å². The van der Waals surface area contributed by atoms with Gasteiger partial charge in [0.2, 0.25) is 17.7 Å². The summed E-state index contributed by atoms with van der Waals surface area (Å²) in [5, 5.41) is 40.7. The van der Waals surface area contributed by atoms with Gasteiger partial charge in [-0.05, 0) is 43.4 Å². The highest BCUT2D eigenvalue weighted by atomic mass is 16.6. The minimum Gasteiger partial charge on any atom is -0.445 e. The number of rotatable bonds is 18. The second-order valence-electron chi connectivity index (χ2n) is 9.86. The summed E-state index contributed by atoms with van der Waals surface area (Å²) >= 11 is 0. The minimum atomic E-state index is -1.09. The number of ether oxygens (including phenoxy) is 1. The van der Waals surface area contributed by atoms with Crippen LogP contribution in [0, 0.1) is 20.9 Å². The highest BCUT2D eigenvalue weighted by Crippen LogP contribution is 2.16. The van der Waals surface area contributed by atoms with Gasteiger partial charge in [0.25, 0.3) is 5.69 Å². The highest BCUT2D eigenvalue weighted by molar-refractivity contribution is 5.98. The van der Waals surface area contributed by atoms with Gasteiger partial charge in [-0.2, -0.15) is 0 Å². The van der Waals surface area contributed by atoms with E-state index in [4.69, 9.17) is 27.0 Å². The summed E-state index contributed by atoms with van der Waals surface area (Å²) in [5.41, 5.74) is 11.4. The number of alkyl carbamates (subject to hydrolysis) is 1. The Morgan fingerprint density at radius 2 is 1.37 bits per heavy atom. The Labute approximate surface area is 264 Å². The van der Waals surface area contributed by atoms with Crippen molar-refractivity contribution in [1.29, 1.82) is 10.8 Å². The molecule has 0 spiro atoms. The molecule has 0 saturated heterocycles. The van der Waals surface area contributed by atoms with Crippen molar-refractivity contribution in [3.8, 4) is 0 Å². The van der Waals surface area contributed by atoms with Crippen molar-refractivity contribution in [1.82, 2.24) is 26.6 Å². The Kier molecular flexibility index (Phi) is 15.3. The molecule has 18 heteroatoms. The van der Waals surface area contributed by atoms with Crippen molar-refractivity contribution in [2.24, 2.45) is 11.5 Å². The Morgan fingerprint density at radius 3 is 1.91 bits per heavy atom. The number of benzene rings is 2. The van der Waals surface area contributed by atoms with Crippen molar-refractivity contribution in [3.63, 3.8) is 0 Å². The fraction of sp³-hybridized carbons (Fsp3) is 0.357. The molecule has 0 bridgehead atoms. The summed E-state index contributed by atoms with van der Waals surface area (Å²) in [7, 11) is 0. The van der Waals surface area contributed by atoms with Crippen molar-refractivity contribution in [3.05, 3.63) is 70.3 Å². The third-order valence-corrected chi connectivity index (χ3v) is 6.21. The maximum absolute atomic E-state index is 13.0. The first-order valence-corrected chi connectivity index (χ1v) is 14.2. The van der Waals surface area contributed by atoms with Gasteiger partial charge >= 0.3 is 6.09 Å². The van der Waals surface area contributed by atoms with E-state index >= 15 is 0 Å². The van der Waals surface area contributed by atoms with Gasteiger partial charge < -0.3 is 48.1 Å². The van der Waals surface area contributed by atoms with Crippen LogP contribution < -0.4 is 43.4 Å². The second kappa shape index (κ2) is 19.4. The van der Waals surface area contributed by atoms with Gasteiger partial charge in [-0.1, -0.05) is 30.3 Å². The Hall–Kier alpha value is -5.94. The third kappa shape index (κ3) is 14.5. The Morgan fingerprint density at radius 1 is 0.804 bits per heavy atom. The largest absolute Gasteiger partial charge is 0.445 e. The first-order chi connectivity index (χ1) is 21.9. The normalized spacial score (nSPS) is 11.6. The lowest BCUT2D eigenvalue weighted by molar-refractivity contribution is -0.384. The number of nitro groups is 1. The monoisotopic (exact) mass is 641 g/mol. The van der Waals surface area contributed by atoms with Gasteiger partial charge in [0.15, 0.2) is 11.9 Å². The zero-order valence-electron chi connectivity index (χ0n) is 25.0. The van der Waals surface area contributed by atoms with E-state index in [2.05, 4.69) is 31.9 Å². The van der Waals surface area contributed by atoms with Crippen LogP contribution in [0.2, 0.25) is 0 Å². The van der Waals surface area contributed by atoms with Gasteiger partial charge in [-0.15, -0.1) is 0 Å². The van der Waals surface area contributed by atoms with E-state index in [1.54, 1.807) is 24.3 Å². The molecule has 1 unspecified atom stereocenters. The first-order valence-electron chi connectivity index (χ1n) is 14.2. The van der Waals surface area contributed by atoms with Crippen molar-refractivity contribution < 1.29 is 28.8 Å². The summed E-state index contributed by atoms with van der Waals surface area (Å²) in [5.74, 6) is -2.53. The fourth-order valence-corrected chi connectivity index (χ4v) is 3.93. The maximum atomic E-state index is 13.0. The lowest BCUT2D eigenvalue weighted by Crippen LogP contribution is -2.51. The van der Waals surface area contributed by atoms with E-state index in [-0.39, 0.29) is 55.8 Å². The minimum absolute atomic E-state index is 0.0272. The fourth-order valence-electron chi connectivity index (χ4n) is 3.93. The lowest BCUT2D eigenvalue weighted by Gasteiger charge is -2.20. The van der Waals surface area contributed by atoms with Gasteiger partial charge in [0.1, 0.15) is 18.7 Å². The van der Waals surface area contributed by atoms with Crippen molar-refractivity contribution >= 4 is 47.1 Å². The lowest BCUT2D eigenvalue weighted by atomic mass is 10.1. The number of amides is 4. The standard InChI is InChI=1S/C28H39N11O7/c29-26(30)33-14-4-8-21(38-28(43)46-17-18-6-2-1-3-7-18)24(41)35-16-23(40)37-22(9-5-15-34-27(31)32)25(42)36-19-10-12-20(13-11-19)39(44)45/h1-3,6-7,10-13,21-22H,4-5,8-9,14-17H2,(H,35,41)(H,36,42)(H,37,40)(H,38,43)(H4,29,30,33)(H4,31,32,34)/t21?,22-/m0/s1. The number of non-ortho nitro benzene ring substituents is 1. The van der Waals surface area contributed by atoms with E-state index in [0.717, 1.165) is 5.56 Å². The van der Waals surface area contributed by atoms with E-state index in [1.807, 2.05) is 6.07 Å². The molecular formula is C28H39N11O7. The van der Waals surface area contributed by atoms with Crippen LogP contribution in [-0.2, 0) is 25.7 Å². The van der Waals surface area contributed by atoms with Crippen LogP contribution in [0.4, 0.5) is 16.2 Å². The van der Waals surface area contributed by atoms with E-state index in [0.29, 0.717) is 12.8 Å². The quantitative estimate of drug-likeness (QED) is 0.0338. The van der Waals surface area contributed by atoms with E-state index < -0.39 is 47.4 Å². The topological polar surface area (TPSA) is 293 Å². The summed E-state index contributed by atoms with van der Waals surface area (Å²) in [4.78, 5) is 61.5. The summed E-state index contributed by atoms with van der Waals surface area (Å²) < 4.78 is 5.20. The van der Waals surface area contributed by atoms with Crippen LogP contribution in [0.15, 0.2) is 54.6 Å². The molecule has 46 heavy (non-hydrogen) atoms. The average Bonchev–Trinajstić information content (AvgIpc) is 3.02. The van der Waals surface area contributed by atoms with Crippen LogP contribution in [0.25, 0.3) is 0 Å². The molecule has 12 N–H and O–H groups in total. The Bertz CT molecular complexity index is 1360. The SMILES string of the molecule is N=C(N)NCCCC(NC(=O)OCc1ccccc1)C(=O)NCC(=O)N[C@@H](CCCNC(=N)N)C(=O)Nc1ccc([N+](=O)[O-])cc1. The third-order valence-electron chi connectivity index (χ3n) is 6.21. The Balaban J connectivity index is 2.00. The molecule has 2 atom stereocenters. The molecule has 0 fully saturated rings. The molecule has 2 aromatic rings. The molecule has 0 saturated carbocycles. The number of nitrogens with two attached hydrogens (primary N) is 2. The van der Waals surface area contributed by atoms with Crippen LogP contribution in [0.3, 0.4) is 0 Å². The van der Waals surface area contributed by atoms with Crippen molar-refractivity contribution in [2.45, 2.75) is 44.4 Å². The molecule has 2 aromatic carbocycles. The molecule has 0 aliphatic heterocycles.